The Hall–Kier alpha value is -2.27. The van der Waals surface area contributed by atoms with Crippen LogP contribution >= 0.6 is 11.8 Å². The highest BCUT2D eigenvalue weighted by atomic mass is 32.2. The summed E-state index contributed by atoms with van der Waals surface area (Å²) >= 11 is 1.45. The number of imidazole rings is 1. The van der Waals surface area contributed by atoms with Crippen LogP contribution in [0.15, 0.2) is 59.8 Å². The number of fused-ring (bicyclic) bond motifs is 1. The Labute approximate surface area is 133 Å². The Kier molecular flexibility index (Phi) is 4.15. The van der Waals surface area contributed by atoms with Gasteiger partial charge in [0.25, 0.3) is 0 Å². The van der Waals surface area contributed by atoms with Crippen molar-refractivity contribution in [3.05, 3.63) is 60.2 Å². The third-order valence-electron chi connectivity index (χ3n) is 3.36. The van der Waals surface area contributed by atoms with Crippen molar-refractivity contribution >= 4 is 28.7 Å². The molecule has 3 aromatic rings. The SMILES string of the molecule is CN(C)C(=O)[C@@H](Sc1nc2ccccc2[nH]1)c1ccccc1. The fourth-order valence-electron chi connectivity index (χ4n) is 2.22. The van der Waals surface area contributed by atoms with Gasteiger partial charge in [0.15, 0.2) is 5.16 Å². The summed E-state index contributed by atoms with van der Waals surface area (Å²) in [5.74, 6) is 0.0525. The third kappa shape index (κ3) is 2.99. The van der Waals surface area contributed by atoms with E-state index in [0.717, 1.165) is 21.8 Å². The van der Waals surface area contributed by atoms with Crippen molar-refractivity contribution < 1.29 is 4.79 Å². The van der Waals surface area contributed by atoms with E-state index < -0.39 is 0 Å². The smallest absolute Gasteiger partial charge is 0.240 e. The molecule has 0 aliphatic carbocycles. The largest absolute Gasteiger partial charge is 0.348 e. The van der Waals surface area contributed by atoms with Crippen LogP contribution in [0.1, 0.15) is 10.8 Å². The normalized spacial score (nSPS) is 12.3. The van der Waals surface area contributed by atoms with Gasteiger partial charge < -0.3 is 9.88 Å². The number of carbonyl (C=O) groups excluding carboxylic acids is 1. The van der Waals surface area contributed by atoms with Gasteiger partial charge in [-0.05, 0) is 17.7 Å². The molecule has 0 saturated carbocycles. The van der Waals surface area contributed by atoms with E-state index in [9.17, 15) is 4.79 Å². The number of carbonyl (C=O) groups is 1. The summed E-state index contributed by atoms with van der Waals surface area (Å²) in [5, 5.41) is 0.446. The van der Waals surface area contributed by atoms with Gasteiger partial charge in [-0.3, -0.25) is 4.79 Å². The summed E-state index contributed by atoms with van der Waals surface area (Å²) in [7, 11) is 3.55. The standard InChI is InChI=1S/C17H17N3OS/c1-20(2)16(21)15(12-8-4-3-5-9-12)22-17-18-13-10-6-7-11-14(13)19-17/h3-11,15H,1-2H3,(H,18,19)/t15-/m0/s1. The average molecular weight is 311 g/mol. The molecule has 1 amide bonds. The zero-order valence-corrected chi connectivity index (χ0v) is 13.3. The van der Waals surface area contributed by atoms with E-state index >= 15 is 0 Å². The Morgan fingerprint density at radius 1 is 1.09 bits per heavy atom. The molecular weight excluding hydrogens is 294 g/mol. The van der Waals surface area contributed by atoms with Gasteiger partial charge in [0.05, 0.1) is 11.0 Å². The van der Waals surface area contributed by atoms with Crippen LogP contribution in [0.3, 0.4) is 0 Å². The highest BCUT2D eigenvalue weighted by Crippen LogP contribution is 2.35. The Morgan fingerprint density at radius 2 is 1.77 bits per heavy atom. The van der Waals surface area contributed by atoms with Crippen LogP contribution in [0.25, 0.3) is 11.0 Å². The molecule has 0 fully saturated rings. The minimum atomic E-state index is -0.309. The number of amides is 1. The number of thioether (sulfide) groups is 1. The van der Waals surface area contributed by atoms with E-state index in [1.807, 2.05) is 54.6 Å². The summed E-state index contributed by atoms with van der Waals surface area (Å²) < 4.78 is 0. The molecule has 0 unspecified atom stereocenters. The second-order valence-electron chi connectivity index (χ2n) is 5.20. The Morgan fingerprint density at radius 3 is 2.45 bits per heavy atom. The van der Waals surface area contributed by atoms with Gasteiger partial charge in [-0.2, -0.15) is 0 Å². The van der Waals surface area contributed by atoms with E-state index in [0.29, 0.717) is 0 Å². The number of hydrogen-bond donors (Lipinski definition) is 1. The number of hydrogen-bond acceptors (Lipinski definition) is 3. The van der Waals surface area contributed by atoms with Crippen molar-refractivity contribution in [2.75, 3.05) is 14.1 Å². The quantitative estimate of drug-likeness (QED) is 0.750. The molecule has 0 radical (unpaired) electrons. The van der Waals surface area contributed by atoms with Gasteiger partial charge in [0, 0.05) is 14.1 Å². The Bertz CT molecular complexity index is 750. The van der Waals surface area contributed by atoms with Crippen LogP contribution in [-0.4, -0.2) is 34.9 Å². The molecule has 0 saturated heterocycles. The molecule has 0 bridgehead atoms. The lowest BCUT2D eigenvalue weighted by atomic mass is 10.1. The van der Waals surface area contributed by atoms with Gasteiger partial charge in [-0.15, -0.1) is 0 Å². The molecule has 2 aromatic carbocycles. The molecule has 1 atom stereocenters. The average Bonchev–Trinajstić information content (AvgIpc) is 2.95. The fourth-order valence-corrected chi connectivity index (χ4v) is 3.37. The fraction of sp³-hybridized carbons (Fsp3) is 0.176. The number of para-hydroxylation sites is 2. The molecule has 5 heteroatoms. The zero-order valence-electron chi connectivity index (χ0n) is 12.5. The summed E-state index contributed by atoms with van der Waals surface area (Å²) in [6.45, 7) is 0. The zero-order chi connectivity index (χ0) is 15.5. The molecule has 22 heavy (non-hydrogen) atoms. The van der Waals surface area contributed by atoms with Crippen LogP contribution in [-0.2, 0) is 4.79 Å². The maximum Gasteiger partial charge on any atom is 0.240 e. The first-order valence-electron chi connectivity index (χ1n) is 7.02. The molecule has 3 rings (SSSR count). The molecule has 0 aliphatic heterocycles. The highest BCUT2D eigenvalue weighted by molar-refractivity contribution is 8.00. The number of aromatic amines is 1. The molecule has 4 nitrogen and oxygen atoms in total. The number of H-pyrrole nitrogens is 1. The predicted octanol–water partition coefficient (Wildman–Crippen LogP) is 3.48. The number of nitrogens with zero attached hydrogens (tertiary/aromatic N) is 2. The first-order valence-corrected chi connectivity index (χ1v) is 7.90. The van der Waals surface area contributed by atoms with Crippen LogP contribution in [0.5, 0.6) is 0 Å². The van der Waals surface area contributed by atoms with Gasteiger partial charge in [-0.25, -0.2) is 4.98 Å². The number of aromatic nitrogens is 2. The van der Waals surface area contributed by atoms with E-state index in [4.69, 9.17) is 0 Å². The van der Waals surface area contributed by atoms with Crippen LogP contribution in [0.4, 0.5) is 0 Å². The first-order chi connectivity index (χ1) is 10.6. The highest BCUT2D eigenvalue weighted by Gasteiger charge is 2.24. The summed E-state index contributed by atoms with van der Waals surface area (Å²) in [4.78, 5) is 22.0. The van der Waals surface area contributed by atoms with E-state index in [1.165, 1.54) is 11.8 Å². The lowest BCUT2D eigenvalue weighted by molar-refractivity contribution is -0.128. The van der Waals surface area contributed by atoms with Crippen molar-refractivity contribution in [2.24, 2.45) is 0 Å². The minimum absolute atomic E-state index is 0.0525. The third-order valence-corrected chi connectivity index (χ3v) is 4.49. The van der Waals surface area contributed by atoms with Gasteiger partial charge in [0.2, 0.25) is 5.91 Å². The van der Waals surface area contributed by atoms with Crippen molar-refractivity contribution in [3.8, 4) is 0 Å². The minimum Gasteiger partial charge on any atom is -0.348 e. The second-order valence-corrected chi connectivity index (χ2v) is 6.29. The number of nitrogens with one attached hydrogen (secondary N) is 1. The predicted molar refractivity (Wildman–Crippen MR) is 89.8 cm³/mol. The molecule has 0 aliphatic rings. The second kappa shape index (κ2) is 6.23. The van der Waals surface area contributed by atoms with Gasteiger partial charge in [-0.1, -0.05) is 54.2 Å². The molecular formula is C17H17N3OS. The van der Waals surface area contributed by atoms with E-state index in [1.54, 1.807) is 19.0 Å². The van der Waals surface area contributed by atoms with E-state index in [2.05, 4.69) is 9.97 Å². The summed E-state index contributed by atoms with van der Waals surface area (Å²) in [6.07, 6.45) is 0. The molecule has 1 heterocycles. The van der Waals surface area contributed by atoms with Gasteiger partial charge in [0.1, 0.15) is 5.25 Å². The lowest BCUT2D eigenvalue weighted by Crippen LogP contribution is -2.26. The number of benzene rings is 2. The van der Waals surface area contributed by atoms with Crippen molar-refractivity contribution in [1.29, 1.82) is 0 Å². The van der Waals surface area contributed by atoms with Crippen molar-refractivity contribution in [2.45, 2.75) is 10.4 Å². The molecule has 112 valence electrons. The van der Waals surface area contributed by atoms with Crippen molar-refractivity contribution in [1.82, 2.24) is 14.9 Å². The monoisotopic (exact) mass is 311 g/mol. The molecule has 0 spiro atoms. The molecule has 1 N–H and O–H groups in total. The van der Waals surface area contributed by atoms with Gasteiger partial charge >= 0.3 is 0 Å². The summed E-state index contributed by atoms with van der Waals surface area (Å²) in [5.41, 5.74) is 2.87. The van der Waals surface area contributed by atoms with E-state index in [-0.39, 0.29) is 11.2 Å². The van der Waals surface area contributed by atoms with Crippen LogP contribution in [0, 0.1) is 0 Å². The maximum absolute atomic E-state index is 12.5. The molecule has 1 aromatic heterocycles. The maximum atomic E-state index is 12.5. The summed E-state index contributed by atoms with van der Waals surface area (Å²) in [6, 6.07) is 17.7. The lowest BCUT2D eigenvalue weighted by Gasteiger charge is -2.19. The number of rotatable bonds is 4. The van der Waals surface area contributed by atoms with Crippen molar-refractivity contribution in [3.63, 3.8) is 0 Å². The van der Waals surface area contributed by atoms with Crippen LogP contribution < -0.4 is 0 Å². The topological polar surface area (TPSA) is 49.0 Å². The Balaban J connectivity index is 1.94. The van der Waals surface area contributed by atoms with Crippen LogP contribution in [0.2, 0.25) is 0 Å². The first kappa shape index (κ1) is 14.7. The number of likely N-dealkylation sites (N-methyl/N-ethyl adjacent to an activating group) is 1.